The molecule has 2 aromatic carbocycles. The molecule has 1 aromatic heterocycles. The number of fused-ring (bicyclic) bond motifs is 4. The van der Waals surface area contributed by atoms with Gasteiger partial charge in [-0.2, -0.15) is 0 Å². The summed E-state index contributed by atoms with van der Waals surface area (Å²) in [6, 6.07) is 8.51. The van der Waals surface area contributed by atoms with E-state index in [1.807, 2.05) is 36.9 Å². The molecule has 34 heavy (non-hydrogen) atoms. The number of carbonyl (C=O) groups excluding carboxylic acids is 1. The molecule has 0 spiro atoms. The second kappa shape index (κ2) is 8.68. The number of hydrogen-bond donors (Lipinski definition) is 0. The molecule has 5 rings (SSSR count). The van der Waals surface area contributed by atoms with Crippen molar-refractivity contribution < 1.29 is 28.2 Å². The van der Waals surface area contributed by atoms with E-state index in [1.165, 1.54) is 7.11 Å². The van der Waals surface area contributed by atoms with Crippen molar-refractivity contribution in [3.8, 4) is 28.4 Å². The summed E-state index contributed by atoms with van der Waals surface area (Å²) < 4.78 is 28.5. The van der Waals surface area contributed by atoms with Crippen LogP contribution in [0.5, 0.6) is 17.2 Å². The molecule has 2 aliphatic heterocycles. The van der Waals surface area contributed by atoms with Gasteiger partial charge in [0.15, 0.2) is 11.5 Å². The molecule has 0 unspecified atom stereocenters. The number of rotatable bonds is 4. The fourth-order valence-corrected chi connectivity index (χ4v) is 4.77. The van der Waals surface area contributed by atoms with E-state index in [2.05, 4.69) is 0 Å². The van der Waals surface area contributed by atoms with Gasteiger partial charge in [-0.1, -0.05) is 19.9 Å². The van der Waals surface area contributed by atoms with Gasteiger partial charge in [-0.05, 0) is 42.7 Å². The summed E-state index contributed by atoms with van der Waals surface area (Å²) in [5, 5.41) is 0.457. The molecule has 178 valence electrons. The van der Waals surface area contributed by atoms with Crippen LogP contribution in [0.3, 0.4) is 0 Å². The highest BCUT2D eigenvalue weighted by Crippen LogP contribution is 2.37. The van der Waals surface area contributed by atoms with Crippen LogP contribution in [0.1, 0.15) is 25.2 Å². The van der Waals surface area contributed by atoms with Gasteiger partial charge in [0.1, 0.15) is 43.1 Å². The van der Waals surface area contributed by atoms with Gasteiger partial charge in [0.25, 0.3) is 0 Å². The molecule has 3 heterocycles. The molecule has 0 saturated carbocycles. The number of hydrogen-bond acceptors (Lipinski definition) is 8. The summed E-state index contributed by atoms with van der Waals surface area (Å²) in [6.07, 6.45) is 0. The molecule has 8 heteroatoms. The topological polar surface area (TPSA) is 87.4 Å². The maximum absolute atomic E-state index is 13.6. The Morgan fingerprint density at radius 3 is 2.50 bits per heavy atom. The highest BCUT2D eigenvalue weighted by atomic mass is 16.6. The Morgan fingerprint density at radius 2 is 1.76 bits per heavy atom. The Labute approximate surface area is 197 Å². The van der Waals surface area contributed by atoms with Crippen molar-refractivity contribution in [3.63, 3.8) is 0 Å². The minimum absolute atomic E-state index is 0.0168. The van der Waals surface area contributed by atoms with E-state index in [9.17, 15) is 9.59 Å². The Balaban J connectivity index is 1.60. The first-order valence-electron chi connectivity index (χ1n) is 11.3. The van der Waals surface area contributed by atoms with Gasteiger partial charge in [-0.15, -0.1) is 0 Å². The van der Waals surface area contributed by atoms with Crippen molar-refractivity contribution in [2.75, 3.05) is 27.1 Å². The van der Waals surface area contributed by atoms with Gasteiger partial charge < -0.3 is 23.4 Å². The molecule has 0 saturated heterocycles. The number of ether oxygens (including phenoxy) is 4. The zero-order valence-electron chi connectivity index (χ0n) is 19.7. The number of benzene rings is 2. The van der Waals surface area contributed by atoms with Gasteiger partial charge in [-0.25, -0.2) is 0 Å². The standard InChI is InChI=1S/C26H27NO7/c1-14(2)23(26(29)30-4)27-12-18-19(33-13-27)8-6-17-24(28)22(15(3)34-25(17)18)16-5-7-20-21(11-16)32-10-9-31-20/h5-8,11,14,23H,9-10,12-13H2,1-4H3/t23-/m0/s1. The van der Waals surface area contributed by atoms with Crippen molar-refractivity contribution in [2.45, 2.75) is 33.4 Å². The third-order valence-electron chi connectivity index (χ3n) is 6.34. The number of nitrogens with zero attached hydrogens (tertiary/aromatic N) is 1. The summed E-state index contributed by atoms with van der Waals surface area (Å²) in [4.78, 5) is 28.0. The smallest absolute Gasteiger partial charge is 0.323 e. The van der Waals surface area contributed by atoms with Crippen LogP contribution >= 0.6 is 0 Å². The fourth-order valence-electron chi connectivity index (χ4n) is 4.77. The number of methoxy groups -OCH3 is 1. The zero-order chi connectivity index (χ0) is 24.0. The predicted octanol–water partition coefficient (Wildman–Crippen LogP) is 3.89. The maximum Gasteiger partial charge on any atom is 0.323 e. The monoisotopic (exact) mass is 465 g/mol. The largest absolute Gasteiger partial charge is 0.486 e. The lowest BCUT2D eigenvalue weighted by atomic mass is 9.98. The highest BCUT2D eigenvalue weighted by molar-refractivity contribution is 5.87. The van der Waals surface area contributed by atoms with E-state index in [0.29, 0.717) is 64.9 Å². The second-order valence-corrected chi connectivity index (χ2v) is 8.87. The summed E-state index contributed by atoms with van der Waals surface area (Å²) in [6.45, 7) is 7.31. The van der Waals surface area contributed by atoms with Gasteiger partial charge in [-0.3, -0.25) is 14.5 Å². The lowest BCUT2D eigenvalue weighted by molar-refractivity contribution is -0.151. The van der Waals surface area contributed by atoms with E-state index in [0.717, 1.165) is 5.56 Å². The Morgan fingerprint density at radius 1 is 1.03 bits per heavy atom. The first-order valence-corrected chi connectivity index (χ1v) is 11.3. The summed E-state index contributed by atoms with van der Waals surface area (Å²) in [7, 11) is 1.38. The lowest BCUT2D eigenvalue weighted by Gasteiger charge is -2.35. The van der Waals surface area contributed by atoms with Gasteiger partial charge >= 0.3 is 5.97 Å². The summed E-state index contributed by atoms with van der Waals surface area (Å²) in [5.41, 5.74) is 2.26. The lowest BCUT2D eigenvalue weighted by Crippen LogP contribution is -2.48. The maximum atomic E-state index is 13.6. The van der Waals surface area contributed by atoms with Gasteiger partial charge in [0.2, 0.25) is 5.43 Å². The normalized spacial score (nSPS) is 16.1. The van der Waals surface area contributed by atoms with Crippen LogP contribution in [0.4, 0.5) is 0 Å². The minimum atomic E-state index is -0.474. The van der Waals surface area contributed by atoms with Crippen molar-refractivity contribution in [1.82, 2.24) is 4.90 Å². The summed E-state index contributed by atoms with van der Waals surface area (Å²) >= 11 is 0. The predicted molar refractivity (Wildman–Crippen MR) is 125 cm³/mol. The quantitative estimate of drug-likeness (QED) is 0.537. The van der Waals surface area contributed by atoms with E-state index >= 15 is 0 Å². The molecule has 0 fully saturated rings. The van der Waals surface area contributed by atoms with E-state index in [4.69, 9.17) is 23.4 Å². The van der Waals surface area contributed by atoms with Crippen LogP contribution in [0.15, 0.2) is 39.5 Å². The van der Waals surface area contributed by atoms with Crippen LogP contribution in [0, 0.1) is 12.8 Å². The molecule has 8 nitrogen and oxygen atoms in total. The minimum Gasteiger partial charge on any atom is -0.486 e. The van der Waals surface area contributed by atoms with E-state index < -0.39 is 6.04 Å². The highest BCUT2D eigenvalue weighted by Gasteiger charge is 2.34. The molecular formula is C26H27NO7. The molecule has 0 radical (unpaired) electrons. The van der Waals surface area contributed by atoms with Crippen LogP contribution in [0.25, 0.3) is 22.1 Å². The van der Waals surface area contributed by atoms with Crippen molar-refractivity contribution in [1.29, 1.82) is 0 Å². The fraction of sp³-hybridized carbons (Fsp3) is 0.385. The molecule has 0 aliphatic carbocycles. The SMILES string of the molecule is COC(=O)[C@H](C(C)C)N1COc2ccc3c(=O)c(-c4ccc5c(c4)OCCO5)c(C)oc3c2C1. The third-order valence-corrected chi connectivity index (χ3v) is 6.34. The van der Waals surface area contributed by atoms with E-state index in [1.54, 1.807) is 19.1 Å². The molecule has 0 amide bonds. The Bertz CT molecular complexity index is 1330. The van der Waals surface area contributed by atoms with Crippen LogP contribution in [0.2, 0.25) is 0 Å². The van der Waals surface area contributed by atoms with Crippen LogP contribution in [-0.2, 0) is 16.1 Å². The van der Waals surface area contributed by atoms with Crippen LogP contribution < -0.4 is 19.6 Å². The van der Waals surface area contributed by atoms with Gasteiger partial charge in [0.05, 0.1) is 23.6 Å². The first-order chi connectivity index (χ1) is 16.4. The molecule has 0 N–H and O–H groups in total. The Hall–Kier alpha value is -3.52. The average molecular weight is 466 g/mol. The number of esters is 1. The average Bonchev–Trinajstić information content (AvgIpc) is 2.83. The van der Waals surface area contributed by atoms with Crippen molar-refractivity contribution >= 4 is 16.9 Å². The summed E-state index contributed by atoms with van der Waals surface area (Å²) in [5.74, 6) is 2.11. The first kappa shape index (κ1) is 22.3. The van der Waals surface area contributed by atoms with Crippen LogP contribution in [-0.4, -0.2) is 44.0 Å². The Kier molecular flexibility index (Phi) is 5.69. The molecule has 1 atom stereocenters. The van der Waals surface area contributed by atoms with Crippen molar-refractivity contribution in [3.05, 3.63) is 51.9 Å². The third kappa shape index (κ3) is 3.68. The number of aryl methyl sites for hydroxylation is 1. The number of carbonyl (C=O) groups is 1. The molecule has 3 aromatic rings. The molecular weight excluding hydrogens is 438 g/mol. The van der Waals surface area contributed by atoms with Crippen molar-refractivity contribution in [2.24, 2.45) is 5.92 Å². The van der Waals surface area contributed by atoms with E-state index in [-0.39, 0.29) is 24.0 Å². The van der Waals surface area contributed by atoms with Gasteiger partial charge in [0, 0.05) is 6.54 Å². The molecule has 0 bridgehead atoms. The zero-order valence-corrected chi connectivity index (χ0v) is 19.7. The molecule has 2 aliphatic rings. The second-order valence-electron chi connectivity index (χ2n) is 8.87.